The van der Waals surface area contributed by atoms with Gasteiger partial charge in [0, 0.05) is 19.3 Å². The second kappa shape index (κ2) is 8.47. The van der Waals surface area contributed by atoms with Gasteiger partial charge in [0.25, 0.3) is 5.91 Å². The first-order chi connectivity index (χ1) is 12.7. The summed E-state index contributed by atoms with van der Waals surface area (Å²) in [4.78, 5) is 22.3. The van der Waals surface area contributed by atoms with E-state index in [1.54, 1.807) is 24.3 Å². The largest absolute Gasteiger partial charge is 0.481 e. The number of halogens is 1. The van der Waals surface area contributed by atoms with Gasteiger partial charge in [-0.1, -0.05) is 11.6 Å². The van der Waals surface area contributed by atoms with E-state index in [4.69, 9.17) is 21.1 Å². The number of nitrogens with zero attached hydrogens (tertiary/aromatic N) is 4. The number of morpholine rings is 1. The van der Waals surface area contributed by atoms with Crippen molar-refractivity contribution in [1.82, 2.24) is 9.97 Å². The molecule has 9 heteroatoms. The molecule has 1 fully saturated rings. The molecule has 0 unspecified atom stereocenters. The zero-order valence-electron chi connectivity index (χ0n) is 13.8. The van der Waals surface area contributed by atoms with E-state index in [1.807, 2.05) is 11.0 Å². The number of carbonyl (C=O) groups excluding carboxylic acids is 1. The summed E-state index contributed by atoms with van der Waals surface area (Å²) >= 11 is 5.74. The van der Waals surface area contributed by atoms with Crippen LogP contribution in [0.5, 0.6) is 5.75 Å². The zero-order chi connectivity index (χ0) is 18.4. The van der Waals surface area contributed by atoms with Gasteiger partial charge in [0.1, 0.15) is 17.7 Å². The second-order valence-electron chi connectivity index (χ2n) is 5.43. The van der Waals surface area contributed by atoms with Crippen LogP contribution in [0.2, 0.25) is 5.02 Å². The molecular weight excluding hydrogens is 358 g/mol. The van der Waals surface area contributed by atoms with E-state index in [0.717, 1.165) is 0 Å². The molecule has 1 aliphatic rings. The molecule has 1 aliphatic heterocycles. The fourth-order valence-corrected chi connectivity index (χ4v) is 2.48. The SMILES string of the molecule is N#Cc1nc(N2CCOCC2)ccc1OCC(=O)Nc1ccc(Cl)cn1. The van der Waals surface area contributed by atoms with Gasteiger partial charge in [0.15, 0.2) is 18.1 Å². The second-order valence-corrected chi connectivity index (χ2v) is 5.86. The highest BCUT2D eigenvalue weighted by molar-refractivity contribution is 6.30. The fourth-order valence-electron chi connectivity index (χ4n) is 2.37. The van der Waals surface area contributed by atoms with Crippen LogP contribution in [0.1, 0.15) is 5.69 Å². The first kappa shape index (κ1) is 17.9. The quantitative estimate of drug-likeness (QED) is 0.853. The maximum atomic E-state index is 12.0. The molecule has 0 spiro atoms. The van der Waals surface area contributed by atoms with Gasteiger partial charge in [0.05, 0.1) is 18.2 Å². The molecule has 0 aliphatic carbocycles. The molecule has 0 bridgehead atoms. The summed E-state index contributed by atoms with van der Waals surface area (Å²) in [5, 5.41) is 12.4. The number of carbonyl (C=O) groups is 1. The lowest BCUT2D eigenvalue weighted by atomic mass is 10.3. The molecular formula is C17H16ClN5O3. The summed E-state index contributed by atoms with van der Waals surface area (Å²) in [6, 6.07) is 8.61. The molecule has 1 N–H and O–H groups in total. The molecule has 8 nitrogen and oxygen atoms in total. The third-order valence-corrected chi connectivity index (χ3v) is 3.86. The summed E-state index contributed by atoms with van der Waals surface area (Å²) in [6.45, 7) is 2.42. The molecule has 1 amide bonds. The van der Waals surface area contributed by atoms with Gasteiger partial charge in [-0.05, 0) is 24.3 Å². The number of nitriles is 1. The predicted octanol–water partition coefficient (Wildman–Crippen LogP) is 1.86. The van der Waals surface area contributed by atoms with Gasteiger partial charge < -0.3 is 19.7 Å². The number of hydrogen-bond donors (Lipinski definition) is 1. The highest BCUT2D eigenvalue weighted by Crippen LogP contribution is 2.21. The molecule has 2 aromatic rings. The van der Waals surface area contributed by atoms with Crippen LogP contribution in [0.3, 0.4) is 0 Å². The van der Waals surface area contributed by atoms with Crippen molar-refractivity contribution in [3.05, 3.63) is 41.2 Å². The van der Waals surface area contributed by atoms with Gasteiger partial charge in [0.2, 0.25) is 0 Å². The van der Waals surface area contributed by atoms with E-state index < -0.39 is 5.91 Å². The van der Waals surface area contributed by atoms with Crippen molar-refractivity contribution in [3.8, 4) is 11.8 Å². The smallest absolute Gasteiger partial charge is 0.263 e. The Kier molecular flexibility index (Phi) is 5.84. The van der Waals surface area contributed by atoms with Crippen molar-refractivity contribution >= 4 is 29.1 Å². The van der Waals surface area contributed by atoms with Crippen molar-refractivity contribution < 1.29 is 14.3 Å². The van der Waals surface area contributed by atoms with E-state index in [2.05, 4.69) is 15.3 Å². The average molecular weight is 374 g/mol. The fraction of sp³-hybridized carbons (Fsp3) is 0.294. The highest BCUT2D eigenvalue weighted by atomic mass is 35.5. The molecule has 0 aromatic carbocycles. The minimum atomic E-state index is -0.402. The number of nitrogens with one attached hydrogen (secondary N) is 1. The van der Waals surface area contributed by atoms with Crippen molar-refractivity contribution in [2.45, 2.75) is 0 Å². The van der Waals surface area contributed by atoms with Crippen molar-refractivity contribution in [2.24, 2.45) is 0 Å². The summed E-state index contributed by atoms with van der Waals surface area (Å²) < 4.78 is 10.7. The van der Waals surface area contributed by atoms with Crippen LogP contribution >= 0.6 is 11.6 Å². The van der Waals surface area contributed by atoms with E-state index in [-0.39, 0.29) is 18.1 Å². The number of hydrogen-bond acceptors (Lipinski definition) is 7. The molecule has 3 heterocycles. The number of rotatable bonds is 5. The zero-order valence-corrected chi connectivity index (χ0v) is 14.6. The molecule has 26 heavy (non-hydrogen) atoms. The lowest BCUT2D eigenvalue weighted by molar-refractivity contribution is -0.118. The molecule has 0 saturated carbocycles. The molecule has 0 atom stereocenters. The number of aromatic nitrogens is 2. The highest BCUT2D eigenvalue weighted by Gasteiger charge is 2.15. The Balaban J connectivity index is 1.61. The number of ether oxygens (including phenoxy) is 2. The van der Waals surface area contributed by atoms with Crippen LogP contribution in [-0.2, 0) is 9.53 Å². The van der Waals surface area contributed by atoms with Gasteiger partial charge in [-0.15, -0.1) is 0 Å². The van der Waals surface area contributed by atoms with Crippen LogP contribution in [0.4, 0.5) is 11.6 Å². The standard InChI is InChI=1S/C17H16ClN5O3/c18-12-1-3-15(20-10-12)22-17(24)11-26-14-2-4-16(21-13(14)9-19)23-5-7-25-8-6-23/h1-4,10H,5-8,11H2,(H,20,22,24). The van der Waals surface area contributed by atoms with Crippen LogP contribution in [0.25, 0.3) is 0 Å². The van der Waals surface area contributed by atoms with Gasteiger partial charge in [-0.3, -0.25) is 4.79 Å². The Bertz CT molecular complexity index is 816. The Labute approximate surface area is 155 Å². The first-order valence-corrected chi connectivity index (χ1v) is 8.31. The topological polar surface area (TPSA) is 100 Å². The maximum absolute atomic E-state index is 12.0. The third kappa shape index (κ3) is 4.59. The Morgan fingerprint density at radius 2 is 2.15 bits per heavy atom. The lowest BCUT2D eigenvalue weighted by Gasteiger charge is -2.27. The normalized spacial score (nSPS) is 13.8. The van der Waals surface area contributed by atoms with Crippen molar-refractivity contribution in [2.75, 3.05) is 43.1 Å². The van der Waals surface area contributed by atoms with Crippen molar-refractivity contribution in [3.63, 3.8) is 0 Å². The molecule has 0 radical (unpaired) electrons. The number of amides is 1. The lowest BCUT2D eigenvalue weighted by Crippen LogP contribution is -2.36. The summed E-state index contributed by atoms with van der Waals surface area (Å²) in [7, 11) is 0. The summed E-state index contributed by atoms with van der Waals surface area (Å²) in [5.74, 6) is 0.904. The van der Waals surface area contributed by atoms with Crippen molar-refractivity contribution in [1.29, 1.82) is 5.26 Å². The average Bonchev–Trinajstić information content (AvgIpc) is 2.68. The predicted molar refractivity (Wildman–Crippen MR) is 95.4 cm³/mol. The van der Waals surface area contributed by atoms with Gasteiger partial charge >= 0.3 is 0 Å². The van der Waals surface area contributed by atoms with E-state index >= 15 is 0 Å². The van der Waals surface area contributed by atoms with Gasteiger partial charge in [-0.2, -0.15) is 5.26 Å². The van der Waals surface area contributed by atoms with E-state index in [9.17, 15) is 10.1 Å². The Hall–Kier alpha value is -2.89. The first-order valence-electron chi connectivity index (χ1n) is 7.94. The number of anilines is 2. The van der Waals surface area contributed by atoms with E-state index in [1.165, 1.54) is 6.20 Å². The summed E-state index contributed by atoms with van der Waals surface area (Å²) in [5.41, 5.74) is 0.131. The molecule has 134 valence electrons. The van der Waals surface area contributed by atoms with Crippen LogP contribution in [0, 0.1) is 11.3 Å². The third-order valence-electron chi connectivity index (χ3n) is 3.64. The molecule has 2 aromatic heterocycles. The number of pyridine rings is 2. The molecule has 1 saturated heterocycles. The van der Waals surface area contributed by atoms with Crippen LogP contribution < -0.4 is 15.0 Å². The van der Waals surface area contributed by atoms with Crippen LogP contribution in [-0.4, -0.2) is 48.8 Å². The monoisotopic (exact) mass is 373 g/mol. The van der Waals surface area contributed by atoms with E-state index in [0.29, 0.717) is 43.0 Å². The maximum Gasteiger partial charge on any atom is 0.263 e. The Morgan fingerprint density at radius 3 is 2.85 bits per heavy atom. The van der Waals surface area contributed by atoms with Gasteiger partial charge in [-0.25, -0.2) is 9.97 Å². The minimum absolute atomic E-state index is 0.131. The summed E-state index contributed by atoms with van der Waals surface area (Å²) in [6.07, 6.45) is 1.43. The minimum Gasteiger partial charge on any atom is -0.481 e. The molecule has 3 rings (SSSR count). The Morgan fingerprint density at radius 1 is 1.35 bits per heavy atom. The van der Waals surface area contributed by atoms with Crippen LogP contribution in [0.15, 0.2) is 30.5 Å².